The number of nitrogens with one attached hydrogen (secondary N) is 1. The molecule has 0 bridgehead atoms. The standard InChI is InChI=1S/C22H21ClN4O4S/c23-16-3-1-2-4-17(16)31-12-20-25-26-22(27(20)15-6-7-15)32-13-21(28)24-14-5-8-18-19(11-14)30-10-9-29-18/h1-5,8,11,15H,6-7,9-10,12-13H2,(H,24,28). The van der Waals surface area contributed by atoms with Gasteiger partial charge in [0.2, 0.25) is 5.91 Å². The lowest BCUT2D eigenvalue weighted by molar-refractivity contribution is -0.113. The monoisotopic (exact) mass is 472 g/mol. The highest BCUT2D eigenvalue weighted by Crippen LogP contribution is 2.39. The van der Waals surface area contributed by atoms with Crippen LogP contribution < -0.4 is 19.5 Å². The summed E-state index contributed by atoms with van der Waals surface area (Å²) < 4.78 is 19.0. The maximum Gasteiger partial charge on any atom is 0.234 e. The Balaban J connectivity index is 1.21. The van der Waals surface area contributed by atoms with E-state index >= 15 is 0 Å². The molecule has 8 nitrogen and oxygen atoms in total. The van der Waals surface area contributed by atoms with Crippen molar-refractivity contribution in [1.29, 1.82) is 0 Å². The Morgan fingerprint density at radius 3 is 2.78 bits per heavy atom. The van der Waals surface area contributed by atoms with Gasteiger partial charge in [0.15, 0.2) is 22.5 Å². The first kappa shape index (κ1) is 21.0. The molecular formula is C22H21ClN4O4S. The summed E-state index contributed by atoms with van der Waals surface area (Å²) in [4.78, 5) is 12.5. The van der Waals surface area contributed by atoms with Crippen LogP contribution in [0.1, 0.15) is 24.7 Å². The topological polar surface area (TPSA) is 87.5 Å². The summed E-state index contributed by atoms with van der Waals surface area (Å²) in [5.41, 5.74) is 0.664. The van der Waals surface area contributed by atoms with Gasteiger partial charge in [0.05, 0.1) is 10.8 Å². The molecule has 0 spiro atoms. The van der Waals surface area contributed by atoms with Crippen LogP contribution in [0.4, 0.5) is 5.69 Å². The van der Waals surface area contributed by atoms with E-state index in [0.29, 0.717) is 52.4 Å². The Hall–Kier alpha value is -2.91. The number of carbonyl (C=O) groups excluding carboxylic acids is 1. The normalized spacial score (nSPS) is 14.8. The number of hydrogen-bond donors (Lipinski definition) is 1. The van der Waals surface area contributed by atoms with Crippen molar-refractivity contribution in [2.45, 2.75) is 30.6 Å². The van der Waals surface area contributed by atoms with Crippen molar-refractivity contribution in [2.75, 3.05) is 24.3 Å². The van der Waals surface area contributed by atoms with Crippen LogP contribution in [0.25, 0.3) is 0 Å². The van der Waals surface area contributed by atoms with Crippen LogP contribution in [-0.2, 0) is 11.4 Å². The largest absolute Gasteiger partial charge is 0.486 e. The van der Waals surface area contributed by atoms with Crippen molar-refractivity contribution >= 4 is 35.0 Å². The highest BCUT2D eigenvalue weighted by molar-refractivity contribution is 7.99. The predicted octanol–water partition coefficient (Wildman–Crippen LogP) is 4.35. The molecule has 10 heteroatoms. The Labute approximate surface area is 194 Å². The van der Waals surface area contributed by atoms with Gasteiger partial charge in [-0.15, -0.1) is 10.2 Å². The first-order valence-electron chi connectivity index (χ1n) is 10.3. The summed E-state index contributed by atoms with van der Waals surface area (Å²) in [6.45, 7) is 1.29. The average molecular weight is 473 g/mol. The van der Waals surface area contributed by atoms with E-state index in [1.807, 2.05) is 18.2 Å². The molecule has 0 radical (unpaired) electrons. The number of aromatic nitrogens is 3. The van der Waals surface area contributed by atoms with E-state index < -0.39 is 0 Å². The smallest absolute Gasteiger partial charge is 0.234 e. The van der Waals surface area contributed by atoms with Crippen LogP contribution in [0.3, 0.4) is 0 Å². The summed E-state index contributed by atoms with van der Waals surface area (Å²) in [5, 5.41) is 12.7. The number of carbonyl (C=O) groups is 1. The van der Waals surface area contributed by atoms with Crippen molar-refractivity contribution in [3.8, 4) is 17.2 Å². The second kappa shape index (κ2) is 9.30. The SMILES string of the molecule is O=C(CSc1nnc(COc2ccccc2Cl)n1C1CC1)Nc1ccc2c(c1)OCCO2. The number of benzene rings is 2. The van der Waals surface area contributed by atoms with Crippen LogP contribution in [0.5, 0.6) is 17.2 Å². The minimum atomic E-state index is -0.133. The molecule has 1 aromatic heterocycles. The molecule has 0 atom stereocenters. The molecule has 1 aliphatic heterocycles. The Morgan fingerprint density at radius 1 is 1.16 bits per heavy atom. The first-order valence-corrected chi connectivity index (χ1v) is 11.7. The maximum absolute atomic E-state index is 12.5. The molecule has 1 saturated carbocycles. The molecule has 166 valence electrons. The molecule has 1 amide bonds. The van der Waals surface area contributed by atoms with Crippen molar-refractivity contribution in [1.82, 2.24) is 14.8 Å². The van der Waals surface area contributed by atoms with E-state index in [4.69, 9.17) is 25.8 Å². The summed E-state index contributed by atoms with van der Waals surface area (Å²) in [7, 11) is 0. The van der Waals surface area contributed by atoms with Crippen molar-refractivity contribution in [3.63, 3.8) is 0 Å². The van der Waals surface area contributed by atoms with Crippen molar-refractivity contribution in [2.24, 2.45) is 0 Å². The summed E-state index contributed by atoms with van der Waals surface area (Å²) >= 11 is 7.53. The van der Waals surface area contributed by atoms with Gasteiger partial charge >= 0.3 is 0 Å². The fraction of sp³-hybridized carbons (Fsp3) is 0.318. The zero-order valence-electron chi connectivity index (χ0n) is 17.1. The minimum Gasteiger partial charge on any atom is -0.486 e. The number of nitrogens with zero attached hydrogens (tertiary/aromatic N) is 3. The van der Waals surface area contributed by atoms with E-state index in [2.05, 4.69) is 20.1 Å². The molecule has 0 unspecified atom stereocenters. The quantitative estimate of drug-likeness (QED) is 0.487. The Bertz CT molecular complexity index is 1130. The number of rotatable bonds is 8. The third-order valence-corrected chi connectivity index (χ3v) is 6.25. The van der Waals surface area contributed by atoms with Crippen LogP contribution >= 0.6 is 23.4 Å². The fourth-order valence-electron chi connectivity index (χ4n) is 3.36. The van der Waals surface area contributed by atoms with Crippen molar-refractivity contribution in [3.05, 3.63) is 53.3 Å². The molecule has 32 heavy (non-hydrogen) atoms. The van der Waals surface area contributed by atoms with E-state index in [9.17, 15) is 4.79 Å². The molecule has 2 aromatic carbocycles. The third kappa shape index (κ3) is 4.78. The van der Waals surface area contributed by atoms with Crippen LogP contribution in [0, 0.1) is 0 Å². The van der Waals surface area contributed by atoms with E-state index in [1.54, 1.807) is 24.3 Å². The third-order valence-electron chi connectivity index (χ3n) is 5.00. The molecule has 1 aliphatic carbocycles. The van der Waals surface area contributed by atoms with Gasteiger partial charge in [-0.2, -0.15) is 0 Å². The van der Waals surface area contributed by atoms with Gasteiger partial charge < -0.3 is 19.5 Å². The molecule has 2 aliphatic rings. The fourth-order valence-corrected chi connectivity index (χ4v) is 4.37. The second-order valence-corrected chi connectivity index (χ2v) is 8.76. The lowest BCUT2D eigenvalue weighted by atomic mass is 10.2. The molecule has 2 heterocycles. The Kier molecular flexibility index (Phi) is 6.09. The van der Waals surface area contributed by atoms with Gasteiger partial charge in [-0.05, 0) is 37.1 Å². The van der Waals surface area contributed by atoms with Crippen LogP contribution in [0.15, 0.2) is 47.6 Å². The molecular weight excluding hydrogens is 452 g/mol. The van der Waals surface area contributed by atoms with Crippen LogP contribution in [0.2, 0.25) is 5.02 Å². The number of halogens is 1. The summed E-state index contributed by atoms with van der Waals surface area (Å²) in [6.07, 6.45) is 2.13. The summed E-state index contributed by atoms with van der Waals surface area (Å²) in [6, 6.07) is 13.0. The van der Waals surface area contributed by atoms with Gasteiger partial charge in [-0.25, -0.2) is 0 Å². The predicted molar refractivity (Wildman–Crippen MR) is 121 cm³/mol. The number of para-hydroxylation sites is 1. The Morgan fingerprint density at radius 2 is 1.97 bits per heavy atom. The lowest BCUT2D eigenvalue weighted by Gasteiger charge is -2.19. The molecule has 1 N–H and O–H groups in total. The summed E-state index contributed by atoms with van der Waals surface area (Å²) in [5.74, 6) is 2.73. The van der Waals surface area contributed by atoms with Gasteiger partial charge in [0.1, 0.15) is 25.6 Å². The highest BCUT2D eigenvalue weighted by atomic mass is 35.5. The maximum atomic E-state index is 12.5. The molecule has 3 aromatic rings. The lowest BCUT2D eigenvalue weighted by Crippen LogP contribution is -2.17. The second-order valence-electron chi connectivity index (χ2n) is 7.41. The first-order chi connectivity index (χ1) is 15.7. The number of hydrogen-bond acceptors (Lipinski definition) is 7. The van der Waals surface area contributed by atoms with E-state index in [0.717, 1.165) is 18.7 Å². The van der Waals surface area contributed by atoms with Crippen LogP contribution in [-0.4, -0.2) is 39.6 Å². The van der Waals surface area contributed by atoms with E-state index in [-0.39, 0.29) is 18.3 Å². The van der Waals surface area contributed by atoms with Gasteiger partial charge in [-0.3, -0.25) is 9.36 Å². The number of ether oxygens (including phenoxy) is 3. The number of fused-ring (bicyclic) bond motifs is 1. The average Bonchev–Trinajstić information content (AvgIpc) is 3.57. The zero-order chi connectivity index (χ0) is 21.9. The molecule has 5 rings (SSSR count). The number of amides is 1. The molecule has 1 fully saturated rings. The number of thioether (sulfide) groups is 1. The minimum absolute atomic E-state index is 0.133. The van der Waals surface area contributed by atoms with Gasteiger partial charge in [-0.1, -0.05) is 35.5 Å². The molecule has 0 saturated heterocycles. The van der Waals surface area contributed by atoms with Gasteiger partial charge in [0.25, 0.3) is 0 Å². The van der Waals surface area contributed by atoms with Gasteiger partial charge in [0, 0.05) is 17.8 Å². The van der Waals surface area contributed by atoms with E-state index in [1.165, 1.54) is 11.8 Å². The zero-order valence-corrected chi connectivity index (χ0v) is 18.7. The van der Waals surface area contributed by atoms with Crippen molar-refractivity contribution < 1.29 is 19.0 Å². The highest BCUT2D eigenvalue weighted by Gasteiger charge is 2.30. The number of anilines is 1.